The number of rotatable bonds is 5. The summed E-state index contributed by atoms with van der Waals surface area (Å²) in [7, 11) is 2.80. The van der Waals surface area contributed by atoms with Crippen molar-refractivity contribution in [3.63, 3.8) is 0 Å². The predicted molar refractivity (Wildman–Crippen MR) is 108 cm³/mol. The lowest BCUT2D eigenvalue weighted by Crippen LogP contribution is -2.29. The van der Waals surface area contributed by atoms with Crippen LogP contribution < -0.4 is 0 Å². The van der Waals surface area contributed by atoms with Crippen LogP contribution in [0.1, 0.15) is 34.1 Å². The first-order valence-corrected chi connectivity index (χ1v) is 10.5. The molecule has 3 aliphatic heterocycles. The lowest BCUT2D eigenvalue weighted by molar-refractivity contribution is -0.117. The molecule has 0 N–H and O–H groups in total. The molecular formula is C20H32N3O2P. The molecule has 144 valence electrons. The summed E-state index contributed by atoms with van der Waals surface area (Å²) in [6.45, 7) is 14.6. The lowest BCUT2D eigenvalue weighted by Gasteiger charge is -2.21. The van der Waals surface area contributed by atoms with Crippen LogP contribution in [0.3, 0.4) is 0 Å². The van der Waals surface area contributed by atoms with Gasteiger partial charge in [-0.05, 0) is 23.9 Å². The number of hydrogen-bond acceptors (Lipinski definition) is 5. The summed E-state index contributed by atoms with van der Waals surface area (Å²) in [6.07, 6.45) is 4.09. The zero-order valence-corrected chi connectivity index (χ0v) is 17.7. The van der Waals surface area contributed by atoms with Gasteiger partial charge in [-0.25, -0.2) is 0 Å². The van der Waals surface area contributed by atoms with Crippen molar-refractivity contribution in [1.29, 1.82) is 0 Å². The van der Waals surface area contributed by atoms with E-state index in [1.807, 2.05) is 14.7 Å². The van der Waals surface area contributed by atoms with Crippen molar-refractivity contribution >= 4 is 20.8 Å². The molecule has 4 aliphatic rings. The number of carbonyl (C=O) groups excluding carboxylic acids is 2. The van der Waals surface area contributed by atoms with Gasteiger partial charge in [-0.15, -0.1) is 9.24 Å². The minimum Gasteiger partial charge on any atom is -0.365 e. The van der Waals surface area contributed by atoms with Gasteiger partial charge in [0.2, 0.25) is 11.6 Å². The fourth-order valence-corrected chi connectivity index (χ4v) is 3.57. The van der Waals surface area contributed by atoms with E-state index in [0.717, 1.165) is 45.2 Å². The average Bonchev–Trinajstić information content (AvgIpc) is 3.37. The Kier molecular flexibility index (Phi) is 5.48. The third-order valence-electron chi connectivity index (χ3n) is 4.85. The molecule has 6 heteroatoms. The van der Waals surface area contributed by atoms with Gasteiger partial charge in [0.15, 0.2) is 0 Å². The van der Waals surface area contributed by atoms with E-state index in [1.54, 1.807) is 0 Å². The van der Waals surface area contributed by atoms with Gasteiger partial charge >= 0.3 is 0 Å². The molecule has 5 nitrogen and oxygen atoms in total. The summed E-state index contributed by atoms with van der Waals surface area (Å²) in [5, 5.41) is 0. The van der Waals surface area contributed by atoms with Gasteiger partial charge in [0, 0.05) is 45.3 Å². The van der Waals surface area contributed by atoms with E-state index in [1.165, 1.54) is 18.7 Å². The Morgan fingerprint density at radius 3 is 1.85 bits per heavy atom. The maximum Gasteiger partial charge on any atom is 0.227 e. The van der Waals surface area contributed by atoms with E-state index in [-0.39, 0.29) is 11.6 Å². The van der Waals surface area contributed by atoms with Crippen molar-refractivity contribution in [2.75, 3.05) is 45.4 Å². The van der Waals surface area contributed by atoms with Crippen LogP contribution in [0.2, 0.25) is 0 Å². The Labute approximate surface area is 159 Å². The topological polar surface area (TPSA) is 43.2 Å². The minimum absolute atomic E-state index is 0.00546. The molecule has 1 aliphatic carbocycles. The van der Waals surface area contributed by atoms with Crippen molar-refractivity contribution < 1.29 is 9.59 Å². The molecule has 3 heterocycles. The minimum atomic E-state index is 0.00546. The molecule has 0 aromatic heterocycles. The van der Waals surface area contributed by atoms with Crippen molar-refractivity contribution in [3.8, 4) is 0 Å². The van der Waals surface area contributed by atoms with E-state index < -0.39 is 0 Å². The van der Waals surface area contributed by atoms with Crippen LogP contribution in [0.25, 0.3) is 0 Å². The highest BCUT2D eigenvalue weighted by Crippen LogP contribution is 2.33. The average molecular weight is 377 g/mol. The molecule has 3 fully saturated rings. The van der Waals surface area contributed by atoms with Crippen molar-refractivity contribution in [2.24, 2.45) is 11.3 Å². The quantitative estimate of drug-likeness (QED) is 0.417. The van der Waals surface area contributed by atoms with Crippen LogP contribution in [-0.2, 0) is 9.59 Å². The van der Waals surface area contributed by atoms with Crippen molar-refractivity contribution in [2.45, 2.75) is 34.1 Å². The molecule has 3 saturated heterocycles. The van der Waals surface area contributed by atoms with E-state index in [4.69, 9.17) is 0 Å². The molecule has 2 unspecified atom stereocenters. The second-order valence-electron chi connectivity index (χ2n) is 8.99. The van der Waals surface area contributed by atoms with Gasteiger partial charge in [0.1, 0.15) is 11.4 Å². The fourth-order valence-electron chi connectivity index (χ4n) is 3.40. The predicted octanol–water partition coefficient (Wildman–Crippen LogP) is 2.11. The van der Waals surface area contributed by atoms with E-state index in [0.29, 0.717) is 22.5 Å². The molecular weight excluding hydrogens is 345 g/mol. The summed E-state index contributed by atoms with van der Waals surface area (Å²) in [6, 6.07) is 0. The monoisotopic (exact) mass is 377 g/mol. The standard InChI is InChI=1S/C12H13N3O2.C8H19P/c16-9-7-8(13-1-2-13)12(17)11(15-5-6-15)10(9)14-3-4-14;1-7(6-9)5-8(2,3)4/h7H,1-6H2;7H,5-6,9H2,1-4H3. The lowest BCUT2D eigenvalue weighted by atomic mass is 9.86. The summed E-state index contributed by atoms with van der Waals surface area (Å²) < 4.78 is 0. The highest BCUT2D eigenvalue weighted by molar-refractivity contribution is 7.16. The number of carbonyl (C=O) groups is 2. The van der Waals surface area contributed by atoms with E-state index in [9.17, 15) is 9.59 Å². The molecule has 0 amide bonds. The van der Waals surface area contributed by atoms with Crippen LogP contribution in [0.15, 0.2) is 23.2 Å². The Morgan fingerprint density at radius 2 is 1.46 bits per heavy atom. The summed E-state index contributed by atoms with van der Waals surface area (Å²) in [5.41, 5.74) is 2.40. The first kappa shape index (κ1) is 19.4. The highest BCUT2D eigenvalue weighted by atomic mass is 31.0. The van der Waals surface area contributed by atoms with Crippen LogP contribution in [0.4, 0.5) is 0 Å². The van der Waals surface area contributed by atoms with Crippen LogP contribution >= 0.6 is 9.24 Å². The van der Waals surface area contributed by atoms with E-state index in [2.05, 4.69) is 36.9 Å². The van der Waals surface area contributed by atoms with Crippen molar-refractivity contribution in [1.82, 2.24) is 14.7 Å². The van der Waals surface area contributed by atoms with Gasteiger partial charge in [-0.3, -0.25) is 9.59 Å². The van der Waals surface area contributed by atoms with Crippen LogP contribution in [0.5, 0.6) is 0 Å². The molecule has 2 atom stereocenters. The smallest absolute Gasteiger partial charge is 0.227 e. The van der Waals surface area contributed by atoms with Gasteiger partial charge in [0.05, 0.1) is 5.70 Å². The Balaban J connectivity index is 0.000000188. The Bertz CT molecular complexity index is 650. The first-order chi connectivity index (χ1) is 12.2. The van der Waals surface area contributed by atoms with Crippen LogP contribution in [0, 0.1) is 11.3 Å². The number of nitrogens with zero attached hydrogens (tertiary/aromatic N) is 3. The maximum absolute atomic E-state index is 12.4. The largest absolute Gasteiger partial charge is 0.365 e. The first-order valence-electron chi connectivity index (χ1n) is 9.71. The molecule has 0 radical (unpaired) electrons. The summed E-state index contributed by atoms with van der Waals surface area (Å²) in [5.74, 6) is 0.905. The van der Waals surface area contributed by atoms with Crippen LogP contribution in [-0.4, -0.2) is 71.7 Å². The summed E-state index contributed by atoms with van der Waals surface area (Å²) in [4.78, 5) is 30.5. The molecule has 0 bridgehead atoms. The summed E-state index contributed by atoms with van der Waals surface area (Å²) >= 11 is 0. The second-order valence-corrected chi connectivity index (χ2v) is 9.46. The Hall–Kier alpha value is -1.35. The Morgan fingerprint density at radius 1 is 0.962 bits per heavy atom. The van der Waals surface area contributed by atoms with Gasteiger partial charge in [-0.2, -0.15) is 0 Å². The molecule has 0 aromatic rings. The third-order valence-corrected chi connectivity index (χ3v) is 5.66. The number of Topliss-reactive ketones (excluding diaryl/α,β-unsaturated/α-hetero) is 1. The number of hydrogen-bond donors (Lipinski definition) is 0. The molecule has 0 aromatic carbocycles. The van der Waals surface area contributed by atoms with Gasteiger partial charge in [0.25, 0.3) is 0 Å². The molecule has 0 spiro atoms. The zero-order chi connectivity index (χ0) is 19.1. The molecule has 26 heavy (non-hydrogen) atoms. The second kappa shape index (κ2) is 7.34. The number of allylic oxidation sites excluding steroid dienone is 1. The van der Waals surface area contributed by atoms with E-state index >= 15 is 0 Å². The molecule has 0 saturated carbocycles. The maximum atomic E-state index is 12.4. The van der Waals surface area contributed by atoms with Gasteiger partial charge < -0.3 is 14.7 Å². The molecule has 4 rings (SSSR count). The third kappa shape index (κ3) is 4.88. The van der Waals surface area contributed by atoms with Crippen molar-refractivity contribution in [3.05, 3.63) is 23.2 Å². The fraction of sp³-hybridized carbons (Fsp3) is 0.700. The van der Waals surface area contributed by atoms with Gasteiger partial charge in [-0.1, -0.05) is 27.7 Å². The zero-order valence-electron chi connectivity index (χ0n) is 16.5. The SMILES string of the molecule is CC(CP)CC(C)(C)C.O=C1C=C(N2CC2)C(=O)C(N2CC2)=C1N1CC1. The normalized spacial score (nSPS) is 22.8. The highest BCUT2D eigenvalue weighted by Gasteiger charge is 2.43. The number of ketones is 2.